The Bertz CT molecular complexity index is 772. The Labute approximate surface area is 148 Å². The largest absolute Gasteiger partial charge is 0.744 e. The van der Waals surface area contributed by atoms with Crippen LogP contribution >= 0.6 is 15.9 Å². The number of halogens is 1. The molecule has 24 heavy (non-hydrogen) atoms. The summed E-state index contributed by atoms with van der Waals surface area (Å²) in [7, 11) is -2.94. The molecule has 1 aromatic rings. The highest BCUT2D eigenvalue weighted by atomic mass is 79.9. The van der Waals surface area contributed by atoms with Crippen molar-refractivity contribution in [3.8, 4) is 0 Å². The molecule has 0 saturated carbocycles. The van der Waals surface area contributed by atoms with Gasteiger partial charge in [-0.1, -0.05) is 17.7 Å². The molecule has 1 unspecified atom stereocenters. The lowest BCUT2D eigenvalue weighted by Gasteiger charge is -2.18. The Morgan fingerprint density at radius 1 is 1.33 bits per heavy atom. The summed E-state index contributed by atoms with van der Waals surface area (Å²) in [5.74, 6) is 5.70. The van der Waals surface area contributed by atoms with E-state index in [0.29, 0.717) is 27.4 Å². The van der Waals surface area contributed by atoms with Crippen molar-refractivity contribution in [3.05, 3.63) is 51.8 Å². The van der Waals surface area contributed by atoms with Gasteiger partial charge in [-0.3, -0.25) is 0 Å². The molecule has 0 bridgehead atoms. The van der Waals surface area contributed by atoms with Crippen LogP contribution in [0.3, 0.4) is 0 Å². The van der Waals surface area contributed by atoms with Crippen molar-refractivity contribution in [2.24, 2.45) is 11.6 Å². The van der Waals surface area contributed by atoms with Crippen LogP contribution in [0.1, 0.15) is 5.56 Å². The van der Waals surface area contributed by atoms with E-state index < -0.39 is 10.1 Å². The van der Waals surface area contributed by atoms with Crippen molar-refractivity contribution in [2.45, 2.75) is 11.8 Å². The molecule has 2 rings (SSSR count). The number of aryl methyl sites for hydroxylation is 1. The number of nitrogens with two attached hydrogens (primary N) is 2. The molecule has 0 spiro atoms. The zero-order chi connectivity index (χ0) is 18.5. The van der Waals surface area contributed by atoms with E-state index in [1.165, 1.54) is 19.2 Å². The monoisotopic (exact) mass is 419 g/mol. The van der Waals surface area contributed by atoms with Gasteiger partial charge in [-0.15, -0.1) is 0 Å². The quantitative estimate of drug-likeness (QED) is 0.326. The number of allylic oxidation sites excluding steroid dienone is 2. The molecule has 132 valence electrons. The molecule has 1 atom stereocenters. The number of nitrogens with one attached hydrogen (secondary N) is 1. The summed E-state index contributed by atoms with van der Waals surface area (Å²) in [6.45, 7) is 2.16. The Kier molecular flexibility index (Phi) is 7.11. The van der Waals surface area contributed by atoms with Crippen LogP contribution in [0.2, 0.25) is 0 Å². The third-order valence-corrected chi connectivity index (χ3v) is 4.55. The topological polar surface area (TPSA) is 140 Å². The van der Waals surface area contributed by atoms with Gasteiger partial charge in [-0.2, -0.15) is 5.84 Å². The van der Waals surface area contributed by atoms with Gasteiger partial charge in [0.15, 0.2) is 0 Å². The smallest absolute Gasteiger partial charge is 0.339 e. The number of carbonyl (C=O) groups excluding carboxylic acids is 1. The van der Waals surface area contributed by atoms with E-state index in [0.717, 1.165) is 5.56 Å². The minimum absolute atomic E-state index is 0.178. The van der Waals surface area contributed by atoms with E-state index in [1.54, 1.807) is 18.2 Å². The van der Waals surface area contributed by atoms with Gasteiger partial charge in [0.2, 0.25) is 5.82 Å². The fourth-order valence-electron chi connectivity index (χ4n) is 1.70. The molecule has 0 amide bonds. The maximum atomic E-state index is 11.1. The summed E-state index contributed by atoms with van der Waals surface area (Å²) < 4.78 is 36.3. The second-order valence-corrected chi connectivity index (χ2v) is 7.13. The number of carbonyl (C=O) groups is 1. The highest BCUT2D eigenvalue weighted by molar-refractivity contribution is 9.11. The number of esters is 1. The summed E-state index contributed by atoms with van der Waals surface area (Å²) in [4.78, 5) is 10.9. The van der Waals surface area contributed by atoms with Crippen molar-refractivity contribution in [1.82, 2.24) is 0 Å². The van der Waals surface area contributed by atoms with Crippen LogP contribution in [0.4, 0.5) is 0 Å². The first-order chi connectivity index (χ1) is 11.1. The van der Waals surface area contributed by atoms with E-state index >= 15 is 0 Å². The molecule has 1 aliphatic heterocycles. The molecule has 0 saturated heterocycles. The van der Waals surface area contributed by atoms with Gasteiger partial charge in [0, 0.05) is 0 Å². The lowest BCUT2D eigenvalue weighted by atomic mass is 10.2. The molecule has 0 aromatic heterocycles. The second-order valence-electron chi connectivity index (χ2n) is 4.89. The predicted octanol–water partition coefficient (Wildman–Crippen LogP) is -0.720. The molecule has 0 radical (unpaired) electrons. The van der Waals surface area contributed by atoms with Crippen LogP contribution in [-0.2, 0) is 19.6 Å². The van der Waals surface area contributed by atoms with E-state index in [9.17, 15) is 17.8 Å². The minimum atomic E-state index is -4.27. The van der Waals surface area contributed by atoms with Crippen molar-refractivity contribution < 1.29 is 27.5 Å². The summed E-state index contributed by atoms with van der Waals surface area (Å²) in [6.07, 6.45) is 1.62. The fraction of sp³-hybridized carbons (Fsp3) is 0.214. The minimum Gasteiger partial charge on any atom is -0.744 e. The standard InChI is InChI=1S/C7H10BrN3O2.C7H8O3S/c1-13-7(12)4-2-5(8)6(9)11(10)3-4;1-6-2-4-7(5-3-6)11(8,9)10/h2H,3,9-10H2,1H3;2-5H,1H3,(H,8,9,10). The van der Waals surface area contributed by atoms with Crippen molar-refractivity contribution >= 4 is 32.0 Å². The van der Waals surface area contributed by atoms with Gasteiger partial charge >= 0.3 is 5.97 Å². The van der Waals surface area contributed by atoms with Crippen molar-refractivity contribution in [1.29, 1.82) is 0 Å². The average molecular weight is 420 g/mol. The molecule has 8 nitrogen and oxygen atoms in total. The van der Waals surface area contributed by atoms with Gasteiger partial charge in [-0.25, -0.2) is 18.2 Å². The number of hydrogen-bond acceptors (Lipinski definition) is 7. The van der Waals surface area contributed by atoms with Gasteiger partial charge < -0.3 is 15.0 Å². The lowest BCUT2D eigenvalue weighted by Crippen LogP contribution is -3.17. The van der Waals surface area contributed by atoms with E-state index in [4.69, 9.17) is 11.6 Å². The van der Waals surface area contributed by atoms with Crippen LogP contribution in [-0.4, -0.2) is 32.6 Å². The second kappa shape index (κ2) is 8.40. The molecule has 0 aliphatic carbocycles. The number of ether oxygens (including phenoxy) is 1. The third kappa shape index (κ3) is 5.73. The molecular weight excluding hydrogens is 402 g/mol. The van der Waals surface area contributed by atoms with E-state index in [2.05, 4.69) is 20.7 Å². The molecule has 10 heteroatoms. The van der Waals surface area contributed by atoms with Crippen LogP contribution in [0.5, 0.6) is 0 Å². The number of hydrogen-bond donors (Lipinski definition) is 3. The fourth-order valence-corrected chi connectivity index (χ4v) is 2.70. The summed E-state index contributed by atoms with van der Waals surface area (Å²) >= 11 is 3.20. The van der Waals surface area contributed by atoms with E-state index in [1.807, 2.05) is 6.92 Å². The maximum Gasteiger partial charge on any atom is 0.339 e. The average Bonchev–Trinajstić information content (AvgIpc) is 2.51. The molecule has 1 aromatic carbocycles. The first-order valence-corrected chi connectivity index (χ1v) is 8.84. The zero-order valence-corrected chi connectivity index (χ0v) is 15.5. The molecular formula is C14H18BrN3O5S. The van der Waals surface area contributed by atoms with Crippen LogP contribution < -0.4 is 16.6 Å². The van der Waals surface area contributed by atoms with Crippen LogP contribution in [0.15, 0.2) is 51.1 Å². The van der Waals surface area contributed by atoms with Crippen molar-refractivity contribution in [3.63, 3.8) is 0 Å². The van der Waals surface area contributed by atoms with Crippen molar-refractivity contribution in [2.75, 3.05) is 13.7 Å². The van der Waals surface area contributed by atoms with Gasteiger partial charge in [0.05, 0.1) is 22.1 Å². The Morgan fingerprint density at radius 2 is 1.88 bits per heavy atom. The Hall–Kier alpha value is -1.72. The molecule has 5 N–H and O–H groups in total. The Morgan fingerprint density at radius 3 is 2.29 bits per heavy atom. The number of rotatable bonds is 2. The number of methoxy groups -OCH3 is 1. The highest BCUT2D eigenvalue weighted by Crippen LogP contribution is 2.13. The molecule has 1 heterocycles. The third-order valence-electron chi connectivity index (χ3n) is 3.04. The highest BCUT2D eigenvalue weighted by Gasteiger charge is 2.24. The van der Waals surface area contributed by atoms with Gasteiger partial charge in [-0.05, 0) is 41.1 Å². The SMILES string of the molecule is COC(=O)C1=CC(Br)=C(N)[NH+](N)C1.Cc1ccc(S(=O)(=O)[O-])cc1. The first-order valence-electron chi connectivity index (χ1n) is 6.64. The molecule has 1 aliphatic rings. The molecule has 0 fully saturated rings. The maximum absolute atomic E-state index is 11.1. The first kappa shape index (κ1) is 20.3. The zero-order valence-electron chi connectivity index (χ0n) is 13.1. The number of quaternary nitrogens is 1. The van der Waals surface area contributed by atoms with Crippen LogP contribution in [0.25, 0.3) is 0 Å². The van der Waals surface area contributed by atoms with Crippen LogP contribution in [0, 0.1) is 6.92 Å². The number of benzene rings is 1. The normalized spacial score (nSPS) is 17.5. The van der Waals surface area contributed by atoms with Gasteiger partial charge in [0.25, 0.3) is 0 Å². The van der Waals surface area contributed by atoms with E-state index in [-0.39, 0.29) is 10.9 Å². The predicted molar refractivity (Wildman–Crippen MR) is 89.4 cm³/mol. The Balaban J connectivity index is 0.000000243. The summed E-state index contributed by atoms with van der Waals surface area (Å²) in [5, 5.41) is 0.481. The lowest BCUT2D eigenvalue weighted by molar-refractivity contribution is -0.870. The summed E-state index contributed by atoms with van der Waals surface area (Å²) in [5.41, 5.74) is 7.03. The summed E-state index contributed by atoms with van der Waals surface area (Å²) in [6, 6.07) is 5.78. The van der Waals surface area contributed by atoms with Gasteiger partial charge in [0.1, 0.15) is 16.7 Å².